The van der Waals surface area contributed by atoms with E-state index in [1.807, 2.05) is 23.9 Å². The summed E-state index contributed by atoms with van der Waals surface area (Å²) >= 11 is 7.74. The van der Waals surface area contributed by atoms with E-state index in [2.05, 4.69) is 34.5 Å². The maximum absolute atomic E-state index is 12.0. The number of hydrogen-bond acceptors (Lipinski definition) is 3. The fourth-order valence-corrected chi connectivity index (χ4v) is 3.82. The summed E-state index contributed by atoms with van der Waals surface area (Å²) in [6, 6.07) is 15.7. The summed E-state index contributed by atoms with van der Waals surface area (Å²) in [5.74, 6) is 1.15. The minimum atomic E-state index is 0.0481. The SMILES string of the molecule is O=C(CCCN1CCSc2ccccc21)Nc1ccc(Cl)cc1. The minimum Gasteiger partial charge on any atom is -0.370 e. The van der Waals surface area contributed by atoms with Crippen LogP contribution in [0.2, 0.25) is 5.02 Å². The van der Waals surface area contributed by atoms with Gasteiger partial charge in [0, 0.05) is 40.9 Å². The highest BCUT2D eigenvalue weighted by atomic mass is 35.5. The number of hydrogen-bond donors (Lipinski definition) is 1. The van der Waals surface area contributed by atoms with E-state index in [-0.39, 0.29) is 5.91 Å². The van der Waals surface area contributed by atoms with Crippen LogP contribution in [0.4, 0.5) is 11.4 Å². The Kier molecular flexibility index (Phi) is 5.47. The molecule has 2 aromatic carbocycles. The normalized spacial score (nSPS) is 13.5. The van der Waals surface area contributed by atoms with E-state index in [1.165, 1.54) is 10.6 Å². The molecule has 1 heterocycles. The van der Waals surface area contributed by atoms with E-state index in [0.717, 1.165) is 31.0 Å². The van der Waals surface area contributed by atoms with Gasteiger partial charge >= 0.3 is 0 Å². The minimum absolute atomic E-state index is 0.0481. The van der Waals surface area contributed by atoms with Gasteiger partial charge in [-0.1, -0.05) is 23.7 Å². The summed E-state index contributed by atoms with van der Waals surface area (Å²) < 4.78 is 0. The molecule has 0 atom stereocenters. The number of fused-ring (bicyclic) bond motifs is 1. The number of nitrogens with one attached hydrogen (secondary N) is 1. The van der Waals surface area contributed by atoms with Gasteiger partial charge in [-0.15, -0.1) is 11.8 Å². The summed E-state index contributed by atoms with van der Waals surface area (Å²) in [7, 11) is 0. The molecular formula is C18H19ClN2OS. The third kappa shape index (κ3) is 4.43. The van der Waals surface area contributed by atoms with E-state index in [1.54, 1.807) is 12.1 Å². The third-order valence-corrected chi connectivity index (χ3v) is 5.08. The zero-order chi connectivity index (χ0) is 16.1. The van der Waals surface area contributed by atoms with Crippen LogP contribution in [-0.2, 0) is 4.79 Å². The van der Waals surface area contributed by atoms with Crippen molar-refractivity contribution in [2.24, 2.45) is 0 Å². The smallest absolute Gasteiger partial charge is 0.224 e. The molecule has 5 heteroatoms. The number of para-hydroxylation sites is 1. The second-order valence-electron chi connectivity index (χ2n) is 5.46. The van der Waals surface area contributed by atoms with Crippen LogP contribution < -0.4 is 10.2 Å². The van der Waals surface area contributed by atoms with Gasteiger partial charge in [-0.05, 0) is 42.8 Å². The first-order chi connectivity index (χ1) is 11.2. The van der Waals surface area contributed by atoms with Gasteiger partial charge in [0.25, 0.3) is 0 Å². The molecule has 120 valence electrons. The first kappa shape index (κ1) is 16.2. The van der Waals surface area contributed by atoms with Crippen molar-refractivity contribution in [2.75, 3.05) is 29.1 Å². The maximum atomic E-state index is 12.0. The molecule has 0 fully saturated rings. The Hall–Kier alpha value is -1.65. The van der Waals surface area contributed by atoms with Gasteiger partial charge < -0.3 is 10.2 Å². The molecule has 0 aliphatic carbocycles. The number of benzene rings is 2. The van der Waals surface area contributed by atoms with Crippen molar-refractivity contribution in [1.82, 2.24) is 0 Å². The quantitative estimate of drug-likeness (QED) is 0.853. The van der Waals surface area contributed by atoms with E-state index in [9.17, 15) is 4.79 Å². The molecule has 2 aromatic rings. The molecule has 0 unspecified atom stereocenters. The highest BCUT2D eigenvalue weighted by molar-refractivity contribution is 7.99. The van der Waals surface area contributed by atoms with Crippen LogP contribution in [0.5, 0.6) is 0 Å². The summed E-state index contributed by atoms with van der Waals surface area (Å²) in [6.45, 7) is 1.95. The van der Waals surface area contributed by atoms with E-state index in [0.29, 0.717) is 11.4 Å². The lowest BCUT2D eigenvalue weighted by atomic mass is 10.2. The Balaban J connectivity index is 1.48. The highest BCUT2D eigenvalue weighted by Gasteiger charge is 2.16. The summed E-state index contributed by atoms with van der Waals surface area (Å²) in [4.78, 5) is 15.7. The summed E-state index contributed by atoms with van der Waals surface area (Å²) in [5, 5.41) is 3.58. The zero-order valence-corrected chi connectivity index (χ0v) is 14.4. The lowest BCUT2D eigenvalue weighted by molar-refractivity contribution is -0.116. The molecule has 0 bridgehead atoms. The van der Waals surface area contributed by atoms with Crippen LogP contribution in [0, 0.1) is 0 Å². The van der Waals surface area contributed by atoms with Crippen LogP contribution in [-0.4, -0.2) is 24.7 Å². The Morgan fingerprint density at radius 1 is 1.17 bits per heavy atom. The Morgan fingerprint density at radius 2 is 1.96 bits per heavy atom. The standard InChI is InChI=1S/C18H19ClN2OS/c19-14-7-9-15(10-8-14)20-18(22)6-3-11-21-12-13-23-17-5-2-1-4-16(17)21/h1-2,4-5,7-10H,3,6,11-13H2,(H,20,22). The van der Waals surface area contributed by atoms with Crippen LogP contribution in [0.15, 0.2) is 53.4 Å². The second-order valence-corrected chi connectivity index (χ2v) is 7.04. The molecule has 0 spiro atoms. The molecule has 1 amide bonds. The van der Waals surface area contributed by atoms with Gasteiger partial charge in [-0.25, -0.2) is 0 Å². The molecule has 0 saturated heterocycles. The summed E-state index contributed by atoms with van der Waals surface area (Å²) in [5.41, 5.74) is 2.08. The third-order valence-electron chi connectivity index (χ3n) is 3.78. The van der Waals surface area contributed by atoms with Crippen LogP contribution in [0.1, 0.15) is 12.8 Å². The topological polar surface area (TPSA) is 32.3 Å². The van der Waals surface area contributed by atoms with Crippen molar-refractivity contribution < 1.29 is 4.79 Å². The first-order valence-electron chi connectivity index (χ1n) is 7.74. The lowest BCUT2D eigenvalue weighted by Crippen LogP contribution is -2.30. The van der Waals surface area contributed by atoms with Crippen molar-refractivity contribution in [3.63, 3.8) is 0 Å². The van der Waals surface area contributed by atoms with Crippen molar-refractivity contribution in [3.8, 4) is 0 Å². The van der Waals surface area contributed by atoms with Gasteiger partial charge in [0.2, 0.25) is 5.91 Å². The largest absolute Gasteiger partial charge is 0.370 e. The number of carbonyl (C=O) groups is 1. The van der Waals surface area contributed by atoms with Crippen LogP contribution in [0.3, 0.4) is 0 Å². The number of amides is 1. The van der Waals surface area contributed by atoms with Crippen LogP contribution >= 0.6 is 23.4 Å². The van der Waals surface area contributed by atoms with Crippen molar-refractivity contribution >= 4 is 40.6 Å². The van der Waals surface area contributed by atoms with Gasteiger partial charge in [0.15, 0.2) is 0 Å². The van der Waals surface area contributed by atoms with Gasteiger partial charge in [-0.2, -0.15) is 0 Å². The van der Waals surface area contributed by atoms with Crippen molar-refractivity contribution in [3.05, 3.63) is 53.6 Å². The van der Waals surface area contributed by atoms with Gasteiger partial charge in [-0.3, -0.25) is 4.79 Å². The number of nitrogens with zero attached hydrogens (tertiary/aromatic N) is 1. The summed E-state index contributed by atoms with van der Waals surface area (Å²) in [6.07, 6.45) is 1.37. The Morgan fingerprint density at radius 3 is 2.78 bits per heavy atom. The average molecular weight is 347 g/mol. The molecule has 1 aliphatic rings. The molecule has 0 radical (unpaired) electrons. The number of halogens is 1. The second kappa shape index (κ2) is 7.75. The fourth-order valence-electron chi connectivity index (χ4n) is 2.65. The zero-order valence-electron chi connectivity index (χ0n) is 12.8. The van der Waals surface area contributed by atoms with E-state index in [4.69, 9.17) is 11.6 Å². The first-order valence-corrected chi connectivity index (χ1v) is 9.11. The Bertz CT molecular complexity index is 675. The van der Waals surface area contributed by atoms with E-state index < -0.39 is 0 Å². The highest BCUT2D eigenvalue weighted by Crippen LogP contribution is 2.34. The molecule has 3 nitrogen and oxygen atoms in total. The fraction of sp³-hybridized carbons (Fsp3) is 0.278. The average Bonchev–Trinajstić information content (AvgIpc) is 2.57. The molecule has 1 aliphatic heterocycles. The van der Waals surface area contributed by atoms with Crippen LogP contribution in [0.25, 0.3) is 0 Å². The number of rotatable bonds is 5. The molecule has 0 aromatic heterocycles. The molecule has 3 rings (SSSR count). The Labute approximate surface area is 146 Å². The number of carbonyl (C=O) groups excluding carboxylic acids is 1. The van der Waals surface area contributed by atoms with Crippen molar-refractivity contribution in [1.29, 1.82) is 0 Å². The molecule has 0 saturated carbocycles. The number of thioether (sulfide) groups is 1. The number of anilines is 2. The predicted molar refractivity (Wildman–Crippen MR) is 98.7 cm³/mol. The monoisotopic (exact) mass is 346 g/mol. The molecule has 1 N–H and O–H groups in total. The maximum Gasteiger partial charge on any atom is 0.224 e. The lowest BCUT2D eigenvalue weighted by Gasteiger charge is -2.30. The molecule has 23 heavy (non-hydrogen) atoms. The molecular weight excluding hydrogens is 328 g/mol. The van der Waals surface area contributed by atoms with E-state index >= 15 is 0 Å². The predicted octanol–water partition coefficient (Wildman–Crippen LogP) is 4.67. The van der Waals surface area contributed by atoms with Crippen molar-refractivity contribution in [2.45, 2.75) is 17.7 Å². The van der Waals surface area contributed by atoms with Gasteiger partial charge in [0.05, 0.1) is 5.69 Å². The van der Waals surface area contributed by atoms with Gasteiger partial charge in [0.1, 0.15) is 0 Å².